The van der Waals surface area contributed by atoms with Gasteiger partial charge in [0.05, 0.1) is 22.0 Å². The first-order valence-corrected chi connectivity index (χ1v) is 16.5. The molecule has 1 aliphatic heterocycles. The van der Waals surface area contributed by atoms with Crippen molar-refractivity contribution >= 4 is 34.1 Å². The van der Waals surface area contributed by atoms with E-state index in [2.05, 4.69) is 21.0 Å². The van der Waals surface area contributed by atoms with Crippen LogP contribution >= 0.6 is 23.5 Å². The molecule has 0 amide bonds. The molecule has 0 saturated heterocycles. The lowest BCUT2D eigenvalue weighted by molar-refractivity contribution is -0.0697. The number of rotatable bonds is 6. The van der Waals surface area contributed by atoms with Gasteiger partial charge in [-0.15, -0.1) is 0 Å². The van der Waals surface area contributed by atoms with E-state index in [-0.39, 0.29) is 28.8 Å². The van der Waals surface area contributed by atoms with E-state index in [0.29, 0.717) is 21.2 Å². The summed E-state index contributed by atoms with van der Waals surface area (Å²) in [5, 5.41) is 11.4. The number of nitriles is 1. The molecule has 3 aromatic heterocycles. The number of H-pyrrole nitrogens is 1. The van der Waals surface area contributed by atoms with Crippen molar-refractivity contribution in [2.45, 2.75) is 91.1 Å². The van der Waals surface area contributed by atoms with Crippen LogP contribution in [0, 0.1) is 17.2 Å². The minimum absolute atomic E-state index is 0.0262. The van der Waals surface area contributed by atoms with Gasteiger partial charge in [0.2, 0.25) is 0 Å². The van der Waals surface area contributed by atoms with Crippen LogP contribution in [0.3, 0.4) is 0 Å². The minimum Gasteiger partial charge on any atom is -0.349 e. The topological polar surface area (TPSA) is 77.7 Å². The SMILES string of the molecule is N#CC1=C(C2CCCCC2)/C(=C(/c2[nH]c(Sc3ccncc3)cc2C2CCCCC2)C(F)(F)F)N=C1Sc1ccncc1. The molecule has 1 N–H and O–H groups in total. The summed E-state index contributed by atoms with van der Waals surface area (Å²) in [5.41, 5.74) is 0.667. The Balaban J connectivity index is 1.55. The Hall–Kier alpha value is -3.29. The Morgan fingerprint density at radius 2 is 1.37 bits per heavy atom. The second-order valence-electron chi connectivity index (χ2n) is 11.2. The second-order valence-corrected chi connectivity index (χ2v) is 13.4. The number of halogens is 3. The average molecular weight is 620 g/mol. The van der Waals surface area contributed by atoms with Crippen molar-refractivity contribution in [3.63, 3.8) is 0 Å². The summed E-state index contributed by atoms with van der Waals surface area (Å²) >= 11 is 2.62. The smallest absolute Gasteiger partial charge is 0.349 e. The fourth-order valence-corrected chi connectivity index (χ4v) is 8.23. The zero-order chi connectivity index (χ0) is 29.8. The predicted octanol–water partition coefficient (Wildman–Crippen LogP) is 9.88. The molecular weight excluding hydrogens is 588 g/mol. The van der Waals surface area contributed by atoms with Gasteiger partial charge in [-0.05, 0) is 73.4 Å². The van der Waals surface area contributed by atoms with Gasteiger partial charge in [-0.25, -0.2) is 4.99 Å². The third-order valence-corrected chi connectivity index (χ3v) is 10.4. The molecule has 5 nitrogen and oxygen atoms in total. The van der Waals surface area contributed by atoms with Crippen LogP contribution in [0.1, 0.15) is 81.4 Å². The molecule has 3 aliphatic rings. The number of aromatic amines is 1. The molecule has 0 atom stereocenters. The van der Waals surface area contributed by atoms with E-state index in [4.69, 9.17) is 4.99 Å². The normalized spacial score (nSPS) is 19.8. The number of thioether (sulfide) groups is 1. The molecule has 222 valence electrons. The van der Waals surface area contributed by atoms with Crippen LogP contribution in [0.4, 0.5) is 13.2 Å². The molecule has 0 unspecified atom stereocenters. The van der Waals surface area contributed by atoms with Crippen LogP contribution in [0.5, 0.6) is 0 Å². The maximum atomic E-state index is 15.5. The quantitative estimate of drug-likeness (QED) is 0.297. The molecule has 0 spiro atoms. The highest BCUT2D eigenvalue weighted by atomic mass is 32.2. The number of nitrogens with one attached hydrogen (secondary N) is 1. The number of aliphatic imine (C=N–C) groups is 1. The van der Waals surface area contributed by atoms with Crippen molar-refractivity contribution in [1.29, 1.82) is 5.26 Å². The van der Waals surface area contributed by atoms with Crippen molar-refractivity contribution < 1.29 is 13.2 Å². The summed E-state index contributed by atoms with van der Waals surface area (Å²) in [5.74, 6) is -0.118. The molecule has 3 aromatic rings. The second kappa shape index (κ2) is 13.1. The summed E-state index contributed by atoms with van der Waals surface area (Å²) in [4.78, 5) is 17.7. The number of nitrogens with zero attached hydrogens (tertiary/aromatic N) is 4. The lowest BCUT2D eigenvalue weighted by Gasteiger charge is -2.27. The third kappa shape index (κ3) is 6.63. The van der Waals surface area contributed by atoms with E-state index < -0.39 is 11.7 Å². The Kier molecular flexibility index (Phi) is 9.10. The maximum absolute atomic E-state index is 15.5. The lowest BCUT2D eigenvalue weighted by atomic mass is 9.79. The van der Waals surface area contributed by atoms with Crippen LogP contribution in [0.15, 0.2) is 91.8 Å². The molecule has 10 heteroatoms. The van der Waals surface area contributed by atoms with Crippen LogP contribution < -0.4 is 0 Å². The summed E-state index contributed by atoms with van der Waals surface area (Å²) < 4.78 is 46.5. The molecular formula is C33H32F3N5S2. The van der Waals surface area contributed by atoms with E-state index in [0.717, 1.165) is 74.0 Å². The van der Waals surface area contributed by atoms with E-state index >= 15 is 13.2 Å². The highest BCUT2D eigenvalue weighted by molar-refractivity contribution is 8.14. The first kappa shape index (κ1) is 29.8. The number of allylic oxidation sites excluding steroid dienone is 2. The zero-order valence-corrected chi connectivity index (χ0v) is 25.3. The Bertz CT molecular complexity index is 1570. The van der Waals surface area contributed by atoms with Gasteiger partial charge >= 0.3 is 6.18 Å². The molecule has 6 rings (SSSR count). The summed E-state index contributed by atoms with van der Waals surface area (Å²) in [6, 6.07) is 11.4. The van der Waals surface area contributed by atoms with Gasteiger partial charge < -0.3 is 4.98 Å². The fraction of sp³-hybridized carbons (Fsp3) is 0.394. The maximum Gasteiger partial charge on any atom is 0.420 e. The van der Waals surface area contributed by atoms with E-state index in [1.54, 1.807) is 36.9 Å². The van der Waals surface area contributed by atoms with Crippen LogP contribution in [-0.2, 0) is 0 Å². The van der Waals surface area contributed by atoms with Gasteiger partial charge in [0, 0.05) is 40.2 Å². The Morgan fingerprint density at radius 1 is 0.814 bits per heavy atom. The van der Waals surface area contributed by atoms with Gasteiger partial charge in [0.25, 0.3) is 0 Å². The summed E-state index contributed by atoms with van der Waals surface area (Å²) in [6.07, 6.45) is 11.1. The van der Waals surface area contributed by atoms with Gasteiger partial charge in [0.15, 0.2) is 0 Å². The van der Waals surface area contributed by atoms with Gasteiger partial charge in [-0.3, -0.25) is 9.97 Å². The zero-order valence-electron chi connectivity index (χ0n) is 23.7. The van der Waals surface area contributed by atoms with E-state index in [9.17, 15) is 5.26 Å². The molecule has 0 radical (unpaired) electrons. The molecule has 2 aliphatic carbocycles. The van der Waals surface area contributed by atoms with Crippen molar-refractivity contribution in [3.8, 4) is 6.07 Å². The molecule has 4 heterocycles. The number of hydrogen-bond acceptors (Lipinski definition) is 6. The van der Waals surface area contributed by atoms with E-state index in [1.807, 2.05) is 18.2 Å². The molecule has 0 aromatic carbocycles. The first-order chi connectivity index (χ1) is 20.9. The average Bonchev–Trinajstić information content (AvgIpc) is 3.59. The third-order valence-electron chi connectivity index (χ3n) is 8.46. The van der Waals surface area contributed by atoms with Gasteiger partial charge in [-0.2, -0.15) is 18.4 Å². The van der Waals surface area contributed by atoms with Crippen LogP contribution in [-0.4, -0.2) is 26.2 Å². The number of pyridine rings is 2. The van der Waals surface area contributed by atoms with Crippen molar-refractivity contribution in [1.82, 2.24) is 15.0 Å². The summed E-state index contributed by atoms with van der Waals surface area (Å²) in [7, 11) is 0. The van der Waals surface area contributed by atoms with Gasteiger partial charge in [-0.1, -0.05) is 62.0 Å². The standard InChI is InChI=1S/C33H32F3N5S2/c34-33(35,36)29(30-25(21-7-3-1-4-8-21)19-27(40-30)42-23-11-15-38-16-12-23)31-28(22-9-5-2-6-10-22)26(20-37)32(41-31)43-24-13-17-39-18-14-24/h11-19,21-22,40H,1-10H2/b31-29+. The Labute approximate surface area is 258 Å². The van der Waals surface area contributed by atoms with Crippen LogP contribution in [0.25, 0.3) is 5.57 Å². The molecule has 0 bridgehead atoms. The number of alkyl halides is 3. The van der Waals surface area contributed by atoms with Crippen molar-refractivity contribution in [2.75, 3.05) is 0 Å². The molecule has 2 saturated carbocycles. The summed E-state index contributed by atoms with van der Waals surface area (Å²) in [6.45, 7) is 0. The fourth-order valence-electron chi connectivity index (χ4n) is 6.50. The predicted molar refractivity (Wildman–Crippen MR) is 165 cm³/mol. The lowest BCUT2D eigenvalue weighted by Crippen LogP contribution is -2.19. The number of hydrogen-bond donors (Lipinski definition) is 1. The van der Waals surface area contributed by atoms with Crippen molar-refractivity contribution in [3.05, 3.63) is 83.2 Å². The largest absolute Gasteiger partial charge is 0.420 e. The molecule has 43 heavy (non-hydrogen) atoms. The van der Waals surface area contributed by atoms with Crippen LogP contribution in [0.2, 0.25) is 0 Å². The highest BCUT2D eigenvalue weighted by Gasteiger charge is 2.45. The Morgan fingerprint density at radius 3 is 1.93 bits per heavy atom. The highest BCUT2D eigenvalue weighted by Crippen LogP contribution is 2.50. The monoisotopic (exact) mass is 619 g/mol. The minimum atomic E-state index is -4.69. The first-order valence-electron chi connectivity index (χ1n) is 14.9. The van der Waals surface area contributed by atoms with Crippen molar-refractivity contribution in [2.24, 2.45) is 10.9 Å². The van der Waals surface area contributed by atoms with E-state index in [1.165, 1.54) is 23.5 Å². The number of aromatic nitrogens is 3. The molecule has 2 fully saturated rings. The van der Waals surface area contributed by atoms with Gasteiger partial charge in [0.1, 0.15) is 16.7 Å².